The topological polar surface area (TPSA) is 23.1 Å². The minimum Gasteiger partial charge on any atom is -0.875 e. The maximum absolute atomic E-state index is 10.7. The Balaban J connectivity index is 2.78. The molecule has 48 valence electrons. The van der Waals surface area contributed by atoms with Gasteiger partial charge in [0.2, 0.25) is 0 Å². The van der Waals surface area contributed by atoms with Gasteiger partial charge in [0.15, 0.2) is 0 Å². The van der Waals surface area contributed by atoms with Crippen LogP contribution in [0.25, 0.3) is 0 Å². The van der Waals surface area contributed by atoms with Crippen LogP contribution in [0.2, 0.25) is 0 Å². The standard InChI is InChI=1S/C8H10O/c1-7(9)8-5-3-2-4-6-8/h2-5,9H,6H2,1H3/p-1/b8-7-. The molecule has 0 unspecified atom stereocenters. The minimum atomic E-state index is 0.176. The van der Waals surface area contributed by atoms with Crippen molar-refractivity contribution < 1.29 is 5.11 Å². The van der Waals surface area contributed by atoms with Crippen molar-refractivity contribution in [3.63, 3.8) is 0 Å². The molecule has 1 nitrogen and oxygen atoms in total. The third-order valence-corrected chi connectivity index (χ3v) is 1.33. The second-order valence-corrected chi connectivity index (χ2v) is 2.07. The van der Waals surface area contributed by atoms with Crippen molar-refractivity contribution in [3.05, 3.63) is 35.6 Å². The molecule has 0 N–H and O–H groups in total. The van der Waals surface area contributed by atoms with Gasteiger partial charge in [-0.3, -0.25) is 0 Å². The zero-order valence-electron chi connectivity index (χ0n) is 5.42. The molecule has 0 atom stereocenters. The van der Waals surface area contributed by atoms with E-state index in [0.29, 0.717) is 0 Å². The van der Waals surface area contributed by atoms with E-state index >= 15 is 0 Å². The van der Waals surface area contributed by atoms with Crippen LogP contribution in [0.4, 0.5) is 0 Å². The van der Waals surface area contributed by atoms with Gasteiger partial charge in [0.25, 0.3) is 0 Å². The highest BCUT2D eigenvalue weighted by atomic mass is 16.3. The third-order valence-electron chi connectivity index (χ3n) is 1.33. The van der Waals surface area contributed by atoms with Crippen molar-refractivity contribution in [3.8, 4) is 0 Å². The first-order valence-electron chi connectivity index (χ1n) is 3.00. The molecule has 0 fully saturated rings. The minimum absolute atomic E-state index is 0.176. The average Bonchev–Trinajstić information content (AvgIpc) is 1.90. The van der Waals surface area contributed by atoms with Gasteiger partial charge < -0.3 is 5.11 Å². The summed E-state index contributed by atoms with van der Waals surface area (Å²) in [5.41, 5.74) is 0.900. The third kappa shape index (κ3) is 1.46. The van der Waals surface area contributed by atoms with Crippen LogP contribution in [-0.2, 0) is 0 Å². The molecule has 0 aliphatic heterocycles. The Morgan fingerprint density at radius 2 is 2.33 bits per heavy atom. The highest BCUT2D eigenvalue weighted by molar-refractivity contribution is 5.30. The van der Waals surface area contributed by atoms with Gasteiger partial charge in [-0.25, -0.2) is 0 Å². The SMILES string of the molecule is C/C([O-])=C1\C=CC=CC1. The molecule has 1 aliphatic carbocycles. The van der Waals surface area contributed by atoms with E-state index < -0.39 is 0 Å². The first-order chi connectivity index (χ1) is 4.30. The first kappa shape index (κ1) is 6.14. The summed E-state index contributed by atoms with van der Waals surface area (Å²) < 4.78 is 0. The largest absolute Gasteiger partial charge is 0.875 e. The predicted octanol–water partition coefficient (Wildman–Crippen LogP) is 1.14. The Morgan fingerprint density at radius 3 is 2.67 bits per heavy atom. The molecular weight excluding hydrogens is 112 g/mol. The molecule has 0 saturated heterocycles. The van der Waals surface area contributed by atoms with E-state index in [1.165, 1.54) is 0 Å². The number of hydrogen-bond acceptors (Lipinski definition) is 1. The molecule has 1 aliphatic rings. The molecule has 0 bridgehead atoms. The summed E-state index contributed by atoms with van der Waals surface area (Å²) in [5.74, 6) is 0.176. The van der Waals surface area contributed by atoms with Gasteiger partial charge in [0.05, 0.1) is 0 Å². The van der Waals surface area contributed by atoms with Crippen LogP contribution in [0.1, 0.15) is 13.3 Å². The van der Waals surface area contributed by atoms with Gasteiger partial charge in [-0.05, 0) is 6.42 Å². The van der Waals surface area contributed by atoms with Gasteiger partial charge in [0, 0.05) is 0 Å². The summed E-state index contributed by atoms with van der Waals surface area (Å²) in [5, 5.41) is 10.7. The first-order valence-corrected chi connectivity index (χ1v) is 3.00. The molecule has 9 heavy (non-hydrogen) atoms. The van der Waals surface area contributed by atoms with Crippen LogP contribution < -0.4 is 5.11 Å². The summed E-state index contributed by atoms with van der Waals surface area (Å²) in [6, 6.07) is 0. The van der Waals surface area contributed by atoms with Crippen molar-refractivity contribution in [2.75, 3.05) is 0 Å². The molecule has 0 aromatic heterocycles. The molecule has 0 aromatic rings. The number of hydrogen-bond donors (Lipinski definition) is 0. The van der Waals surface area contributed by atoms with Crippen LogP contribution in [0.3, 0.4) is 0 Å². The summed E-state index contributed by atoms with van der Waals surface area (Å²) in [6.07, 6.45) is 8.48. The quantitative estimate of drug-likeness (QED) is 0.441. The van der Waals surface area contributed by atoms with E-state index in [2.05, 4.69) is 0 Å². The van der Waals surface area contributed by atoms with Crippen molar-refractivity contribution in [1.82, 2.24) is 0 Å². The fourth-order valence-electron chi connectivity index (χ4n) is 0.774. The molecule has 1 heteroatoms. The monoisotopic (exact) mass is 121 g/mol. The fourth-order valence-corrected chi connectivity index (χ4v) is 0.774. The van der Waals surface area contributed by atoms with Crippen LogP contribution in [-0.4, -0.2) is 0 Å². The zero-order chi connectivity index (χ0) is 6.69. The van der Waals surface area contributed by atoms with Crippen molar-refractivity contribution in [2.24, 2.45) is 0 Å². The lowest BCUT2D eigenvalue weighted by molar-refractivity contribution is -0.303. The van der Waals surface area contributed by atoms with Gasteiger partial charge in [-0.1, -0.05) is 36.8 Å². The molecule has 0 amide bonds. The second kappa shape index (κ2) is 2.53. The van der Waals surface area contributed by atoms with E-state index in [9.17, 15) is 5.11 Å². The van der Waals surface area contributed by atoms with Gasteiger partial charge >= 0.3 is 0 Å². The van der Waals surface area contributed by atoms with E-state index in [-0.39, 0.29) is 5.76 Å². The summed E-state index contributed by atoms with van der Waals surface area (Å²) in [7, 11) is 0. The Morgan fingerprint density at radius 1 is 1.56 bits per heavy atom. The summed E-state index contributed by atoms with van der Waals surface area (Å²) in [4.78, 5) is 0. The lowest BCUT2D eigenvalue weighted by Gasteiger charge is -2.11. The second-order valence-electron chi connectivity index (χ2n) is 2.07. The molecule has 0 saturated carbocycles. The van der Waals surface area contributed by atoms with Crippen LogP contribution in [0.15, 0.2) is 35.6 Å². The van der Waals surface area contributed by atoms with Crippen molar-refractivity contribution in [1.29, 1.82) is 0 Å². The van der Waals surface area contributed by atoms with E-state index in [1.54, 1.807) is 6.92 Å². The van der Waals surface area contributed by atoms with Crippen LogP contribution >= 0.6 is 0 Å². The average molecular weight is 121 g/mol. The van der Waals surface area contributed by atoms with Crippen LogP contribution in [0, 0.1) is 0 Å². The summed E-state index contributed by atoms with van der Waals surface area (Å²) >= 11 is 0. The normalized spacial score (nSPS) is 22.3. The molecular formula is C8H9O-. The fraction of sp³-hybridized carbons (Fsp3) is 0.250. The smallest absolute Gasteiger partial charge is 0.0104 e. The Hall–Kier alpha value is -0.980. The van der Waals surface area contributed by atoms with Gasteiger partial charge in [-0.2, -0.15) is 0 Å². The van der Waals surface area contributed by atoms with E-state index in [4.69, 9.17) is 0 Å². The molecule has 0 aromatic carbocycles. The van der Waals surface area contributed by atoms with Crippen LogP contribution in [0.5, 0.6) is 0 Å². The lowest BCUT2D eigenvalue weighted by Crippen LogP contribution is -2.02. The van der Waals surface area contributed by atoms with E-state index in [0.717, 1.165) is 12.0 Å². The van der Waals surface area contributed by atoms with E-state index in [1.807, 2.05) is 24.3 Å². The predicted molar refractivity (Wildman–Crippen MR) is 35.6 cm³/mol. The Kier molecular flexibility index (Phi) is 1.73. The number of rotatable bonds is 0. The molecule has 1 rings (SSSR count). The zero-order valence-corrected chi connectivity index (χ0v) is 5.42. The molecule has 0 radical (unpaired) electrons. The number of allylic oxidation sites excluding steroid dienone is 6. The maximum Gasteiger partial charge on any atom is -0.0104 e. The highest BCUT2D eigenvalue weighted by Gasteiger charge is 1.90. The van der Waals surface area contributed by atoms with Crippen molar-refractivity contribution in [2.45, 2.75) is 13.3 Å². The van der Waals surface area contributed by atoms with Gasteiger partial charge in [-0.15, -0.1) is 5.76 Å². The van der Waals surface area contributed by atoms with Gasteiger partial charge in [0.1, 0.15) is 0 Å². The Bertz CT molecular complexity index is 181. The molecule has 0 heterocycles. The highest BCUT2D eigenvalue weighted by Crippen LogP contribution is 2.11. The molecule has 0 spiro atoms. The lowest BCUT2D eigenvalue weighted by atomic mass is 10.1. The maximum atomic E-state index is 10.7. The Labute approximate surface area is 55.0 Å². The summed E-state index contributed by atoms with van der Waals surface area (Å²) in [6.45, 7) is 1.60. The van der Waals surface area contributed by atoms with Crippen molar-refractivity contribution >= 4 is 0 Å².